The van der Waals surface area contributed by atoms with Crippen LogP contribution >= 0.6 is 11.3 Å². The van der Waals surface area contributed by atoms with Gasteiger partial charge in [-0.2, -0.15) is 4.31 Å². The van der Waals surface area contributed by atoms with Crippen LogP contribution in [0.1, 0.15) is 47.2 Å². The zero-order valence-electron chi connectivity index (χ0n) is 18.3. The number of likely N-dealkylation sites (tertiary alicyclic amines) is 1. The van der Waals surface area contributed by atoms with Crippen LogP contribution in [0.2, 0.25) is 0 Å². The van der Waals surface area contributed by atoms with E-state index in [1.807, 2.05) is 4.90 Å². The smallest absolute Gasteiger partial charge is 0.254 e. The summed E-state index contributed by atoms with van der Waals surface area (Å²) in [5.41, 5.74) is 4.09. The monoisotopic (exact) mass is 461 g/mol. The second kappa shape index (κ2) is 9.30. The first-order valence-electron chi connectivity index (χ1n) is 11.1. The number of carbonyl (C=O) groups excluding carboxylic acids is 1. The van der Waals surface area contributed by atoms with Gasteiger partial charge < -0.3 is 9.80 Å². The Bertz CT molecular complexity index is 1030. The minimum absolute atomic E-state index is 0.0423. The van der Waals surface area contributed by atoms with Gasteiger partial charge in [0.15, 0.2) is 0 Å². The van der Waals surface area contributed by atoms with Crippen LogP contribution in [-0.2, 0) is 10.0 Å². The summed E-state index contributed by atoms with van der Waals surface area (Å²) in [6.07, 6.45) is 4.35. The Kier molecular flexibility index (Phi) is 6.69. The van der Waals surface area contributed by atoms with Crippen LogP contribution in [-0.4, -0.2) is 62.8 Å². The molecule has 8 heteroatoms. The molecule has 2 aliphatic heterocycles. The summed E-state index contributed by atoms with van der Waals surface area (Å²) < 4.78 is 28.2. The first kappa shape index (κ1) is 22.3. The standard InChI is InChI=1S/C23H31N3O3S2/c1-18-7-8-19(2)21(15-18)24-11-13-26(14-12-24)31(28,29)22-16-20(17-30-22)23(27)25-9-5-3-4-6-10-25/h7-8,15-17H,3-6,9-14H2,1-2H3. The largest absolute Gasteiger partial charge is 0.369 e. The Morgan fingerprint density at radius 3 is 2.26 bits per heavy atom. The zero-order chi connectivity index (χ0) is 22.0. The third-order valence-electron chi connectivity index (χ3n) is 6.25. The average Bonchev–Trinajstić information content (AvgIpc) is 3.12. The third kappa shape index (κ3) is 4.81. The average molecular weight is 462 g/mol. The Morgan fingerprint density at radius 1 is 0.903 bits per heavy atom. The van der Waals surface area contributed by atoms with Crippen LogP contribution in [0, 0.1) is 13.8 Å². The molecule has 2 saturated heterocycles. The molecular weight excluding hydrogens is 430 g/mol. The molecule has 0 bridgehead atoms. The Hall–Kier alpha value is -1.90. The normalized spacial score (nSPS) is 18.8. The van der Waals surface area contributed by atoms with Crippen molar-refractivity contribution in [1.82, 2.24) is 9.21 Å². The molecule has 2 aromatic rings. The fraction of sp³-hybridized carbons (Fsp3) is 0.522. The summed E-state index contributed by atoms with van der Waals surface area (Å²) in [6.45, 7) is 7.90. The number of carbonyl (C=O) groups is 1. The van der Waals surface area contributed by atoms with Crippen LogP contribution < -0.4 is 4.90 Å². The van der Waals surface area contributed by atoms with E-state index < -0.39 is 10.0 Å². The van der Waals surface area contributed by atoms with Crippen LogP contribution in [0.4, 0.5) is 5.69 Å². The second-order valence-electron chi connectivity index (χ2n) is 8.54. The molecule has 0 saturated carbocycles. The van der Waals surface area contributed by atoms with E-state index in [4.69, 9.17) is 0 Å². The summed E-state index contributed by atoms with van der Waals surface area (Å²) in [7, 11) is -3.58. The molecule has 1 aromatic heterocycles. The van der Waals surface area contributed by atoms with Gasteiger partial charge >= 0.3 is 0 Å². The topological polar surface area (TPSA) is 60.9 Å². The molecule has 0 radical (unpaired) electrons. The first-order chi connectivity index (χ1) is 14.9. The van der Waals surface area contributed by atoms with Gasteiger partial charge in [0, 0.05) is 50.3 Å². The Balaban J connectivity index is 1.44. The van der Waals surface area contributed by atoms with Crippen molar-refractivity contribution in [1.29, 1.82) is 0 Å². The minimum Gasteiger partial charge on any atom is -0.369 e. The maximum absolute atomic E-state index is 13.2. The van der Waals surface area contributed by atoms with Gasteiger partial charge in [0.05, 0.1) is 5.56 Å². The predicted molar refractivity (Wildman–Crippen MR) is 126 cm³/mol. The summed E-state index contributed by atoms with van der Waals surface area (Å²) in [6, 6.07) is 7.95. The number of amides is 1. The number of aryl methyl sites for hydroxylation is 2. The molecule has 2 fully saturated rings. The number of nitrogens with zero attached hydrogens (tertiary/aromatic N) is 3. The molecule has 6 nitrogen and oxygen atoms in total. The van der Waals surface area contributed by atoms with Gasteiger partial charge in [0.1, 0.15) is 4.21 Å². The first-order valence-corrected chi connectivity index (χ1v) is 13.4. The van der Waals surface area contributed by atoms with E-state index in [1.165, 1.54) is 16.8 Å². The highest BCUT2D eigenvalue weighted by atomic mass is 32.2. The molecule has 0 spiro atoms. The lowest BCUT2D eigenvalue weighted by Gasteiger charge is -2.36. The van der Waals surface area contributed by atoms with Crippen LogP contribution in [0.15, 0.2) is 33.9 Å². The van der Waals surface area contributed by atoms with Crippen molar-refractivity contribution in [2.24, 2.45) is 0 Å². The number of rotatable bonds is 4. The van der Waals surface area contributed by atoms with E-state index >= 15 is 0 Å². The number of sulfonamides is 1. The predicted octanol–water partition coefficient (Wildman–Crippen LogP) is 3.89. The Labute approximate surface area is 189 Å². The van der Waals surface area contributed by atoms with Crippen molar-refractivity contribution in [2.75, 3.05) is 44.2 Å². The van der Waals surface area contributed by atoms with Crippen LogP contribution in [0.5, 0.6) is 0 Å². The molecule has 1 amide bonds. The molecule has 1 aromatic carbocycles. The molecule has 0 N–H and O–H groups in total. The molecule has 0 atom stereocenters. The van der Waals surface area contributed by atoms with E-state index in [0.29, 0.717) is 31.7 Å². The van der Waals surface area contributed by atoms with E-state index in [0.717, 1.165) is 50.1 Å². The van der Waals surface area contributed by atoms with Crippen LogP contribution in [0.25, 0.3) is 0 Å². The molecular formula is C23H31N3O3S2. The maximum atomic E-state index is 13.2. The quantitative estimate of drug-likeness (QED) is 0.693. The summed E-state index contributed by atoms with van der Waals surface area (Å²) in [5.74, 6) is -0.0423. The summed E-state index contributed by atoms with van der Waals surface area (Å²) >= 11 is 1.16. The van der Waals surface area contributed by atoms with E-state index in [-0.39, 0.29) is 10.1 Å². The highest BCUT2D eigenvalue weighted by Crippen LogP contribution is 2.28. The summed E-state index contributed by atoms with van der Waals surface area (Å²) in [5, 5.41) is 1.70. The molecule has 0 unspecified atom stereocenters. The highest BCUT2D eigenvalue weighted by molar-refractivity contribution is 7.91. The third-order valence-corrected chi connectivity index (χ3v) is 9.57. The minimum atomic E-state index is -3.58. The van der Waals surface area contributed by atoms with E-state index in [2.05, 4.69) is 36.9 Å². The number of hydrogen-bond acceptors (Lipinski definition) is 5. The molecule has 168 valence electrons. The number of anilines is 1. The van der Waals surface area contributed by atoms with Gasteiger partial charge in [-0.05, 0) is 49.9 Å². The van der Waals surface area contributed by atoms with Gasteiger partial charge in [-0.1, -0.05) is 25.0 Å². The van der Waals surface area contributed by atoms with Crippen molar-refractivity contribution in [3.63, 3.8) is 0 Å². The summed E-state index contributed by atoms with van der Waals surface area (Å²) in [4.78, 5) is 17.0. The number of benzene rings is 1. The number of thiophene rings is 1. The Morgan fingerprint density at radius 2 is 1.58 bits per heavy atom. The fourth-order valence-corrected chi connectivity index (χ4v) is 7.11. The van der Waals surface area contributed by atoms with Gasteiger partial charge in [0.25, 0.3) is 15.9 Å². The molecule has 0 aliphatic carbocycles. The lowest BCUT2D eigenvalue weighted by molar-refractivity contribution is 0.0762. The van der Waals surface area contributed by atoms with Crippen molar-refractivity contribution < 1.29 is 13.2 Å². The fourth-order valence-electron chi connectivity index (χ4n) is 4.38. The van der Waals surface area contributed by atoms with Gasteiger partial charge in [-0.15, -0.1) is 11.3 Å². The van der Waals surface area contributed by atoms with Crippen LogP contribution in [0.3, 0.4) is 0 Å². The zero-order valence-corrected chi connectivity index (χ0v) is 20.0. The molecule has 3 heterocycles. The van der Waals surface area contributed by atoms with E-state index in [9.17, 15) is 13.2 Å². The van der Waals surface area contributed by atoms with Gasteiger partial charge in [-0.25, -0.2) is 8.42 Å². The molecule has 31 heavy (non-hydrogen) atoms. The second-order valence-corrected chi connectivity index (χ2v) is 11.6. The van der Waals surface area contributed by atoms with Gasteiger partial charge in [-0.3, -0.25) is 4.79 Å². The lowest BCUT2D eigenvalue weighted by Crippen LogP contribution is -2.48. The number of hydrogen-bond donors (Lipinski definition) is 0. The molecule has 4 rings (SSSR count). The van der Waals surface area contributed by atoms with Crippen molar-refractivity contribution in [3.05, 3.63) is 46.3 Å². The lowest BCUT2D eigenvalue weighted by atomic mass is 10.1. The van der Waals surface area contributed by atoms with Gasteiger partial charge in [0.2, 0.25) is 0 Å². The van der Waals surface area contributed by atoms with Crippen molar-refractivity contribution in [3.8, 4) is 0 Å². The van der Waals surface area contributed by atoms with Crippen molar-refractivity contribution in [2.45, 2.75) is 43.7 Å². The number of piperazine rings is 1. The van der Waals surface area contributed by atoms with Crippen molar-refractivity contribution >= 4 is 33.0 Å². The van der Waals surface area contributed by atoms with E-state index in [1.54, 1.807) is 15.8 Å². The molecule has 2 aliphatic rings. The SMILES string of the molecule is Cc1ccc(C)c(N2CCN(S(=O)(=O)c3cc(C(=O)N4CCCCCC4)cs3)CC2)c1. The maximum Gasteiger partial charge on any atom is 0.254 e. The highest BCUT2D eigenvalue weighted by Gasteiger charge is 2.31.